The molecule has 0 unspecified atom stereocenters. The molecule has 2 aromatic heterocycles. The molecule has 0 saturated carbocycles. The third-order valence-electron chi connectivity index (χ3n) is 4.09. The topological polar surface area (TPSA) is 79.0 Å². The molecule has 3 heterocycles. The number of nitrogens with zero attached hydrogens (tertiary/aromatic N) is 3. The van der Waals surface area contributed by atoms with Crippen molar-refractivity contribution >= 4 is 5.91 Å². The number of aromatic nitrogens is 3. The van der Waals surface area contributed by atoms with E-state index in [4.69, 9.17) is 0 Å². The van der Waals surface area contributed by atoms with Gasteiger partial charge in [0.25, 0.3) is 5.56 Å². The van der Waals surface area contributed by atoms with Crippen LogP contribution >= 0.6 is 0 Å². The second-order valence-corrected chi connectivity index (χ2v) is 5.81. The van der Waals surface area contributed by atoms with E-state index in [1.807, 2.05) is 30.0 Å². The lowest BCUT2D eigenvalue weighted by Gasteiger charge is -2.16. The molecule has 1 atom stereocenters. The van der Waals surface area contributed by atoms with Gasteiger partial charge in [0.05, 0.1) is 5.69 Å². The van der Waals surface area contributed by atoms with Gasteiger partial charge < -0.3 is 9.88 Å². The number of nitrogens with one attached hydrogen (secondary N) is 1. The summed E-state index contributed by atoms with van der Waals surface area (Å²) < 4.78 is 0. The number of pyridine rings is 1. The van der Waals surface area contributed by atoms with Crippen molar-refractivity contribution in [2.45, 2.75) is 32.1 Å². The maximum absolute atomic E-state index is 12.0. The van der Waals surface area contributed by atoms with Crippen LogP contribution in [0.25, 0.3) is 11.5 Å². The monoisotopic (exact) mass is 312 g/mol. The molecular formula is C17H20N4O2. The van der Waals surface area contributed by atoms with E-state index in [0.29, 0.717) is 24.5 Å². The van der Waals surface area contributed by atoms with Gasteiger partial charge in [-0.2, -0.15) is 0 Å². The van der Waals surface area contributed by atoms with E-state index in [1.165, 1.54) is 6.07 Å². The summed E-state index contributed by atoms with van der Waals surface area (Å²) in [5.41, 5.74) is 1.19. The maximum atomic E-state index is 12.0. The predicted octanol–water partition coefficient (Wildman–Crippen LogP) is 1.95. The third-order valence-corrected chi connectivity index (χ3v) is 4.09. The number of carbonyl (C=O) groups excluding carboxylic acids is 1. The molecule has 120 valence electrons. The molecule has 1 aliphatic rings. The average molecular weight is 312 g/mol. The lowest BCUT2D eigenvalue weighted by molar-refractivity contribution is -0.130. The normalized spacial score (nSPS) is 17.4. The quantitative estimate of drug-likeness (QED) is 0.936. The largest absolute Gasteiger partial charge is 0.342 e. The highest BCUT2D eigenvalue weighted by Gasteiger charge is 2.28. The van der Waals surface area contributed by atoms with Crippen LogP contribution in [0.1, 0.15) is 37.8 Å². The summed E-state index contributed by atoms with van der Waals surface area (Å²) in [5, 5.41) is 0. The Bertz CT molecular complexity index is 742. The van der Waals surface area contributed by atoms with Gasteiger partial charge >= 0.3 is 0 Å². The minimum atomic E-state index is -0.186. The number of rotatable bonds is 4. The van der Waals surface area contributed by atoms with Gasteiger partial charge in [0.15, 0.2) is 5.82 Å². The molecule has 3 rings (SSSR count). The summed E-state index contributed by atoms with van der Waals surface area (Å²) in [6.45, 7) is 3.37. The van der Waals surface area contributed by atoms with Crippen molar-refractivity contribution in [1.82, 2.24) is 19.9 Å². The molecule has 6 heteroatoms. The van der Waals surface area contributed by atoms with Crippen molar-refractivity contribution < 1.29 is 4.79 Å². The first-order valence-electron chi connectivity index (χ1n) is 7.98. The number of hydrogen-bond donors (Lipinski definition) is 1. The van der Waals surface area contributed by atoms with E-state index < -0.39 is 0 Å². The molecule has 6 nitrogen and oxygen atoms in total. The van der Waals surface area contributed by atoms with E-state index in [1.54, 1.807) is 6.20 Å². The molecule has 1 N–H and O–H groups in total. The maximum Gasteiger partial charge on any atom is 0.251 e. The zero-order valence-electron chi connectivity index (χ0n) is 13.2. The molecule has 1 fully saturated rings. The Morgan fingerprint density at radius 1 is 1.43 bits per heavy atom. The van der Waals surface area contributed by atoms with Gasteiger partial charge in [-0.25, -0.2) is 4.98 Å². The van der Waals surface area contributed by atoms with Crippen molar-refractivity contribution in [3.8, 4) is 11.5 Å². The summed E-state index contributed by atoms with van der Waals surface area (Å²) in [7, 11) is 0. The molecule has 1 saturated heterocycles. The van der Waals surface area contributed by atoms with Crippen LogP contribution in [-0.2, 0) is 4.79 Å². The Morgan fingerprint density at radius 2 is 2.30 bits per heavy atom. The van der Waals surface area contributed by atoms with Crippen molar-refractivity contribution in [2.24, 2.45) is 0 Å². The fourth-order valence-corrected chi connectivity index (χ4v) is 2.91. The van der Waals surface area contributed by atoms with E-state index in [9.17, 15) is 9.59 Å². The molecule has 0 aromatic carbocycles. The van der Waals surface area contributed by atoms with E-state index in [0.717, 1.165) is 25.1 Å². The number of aromatic amines is 1. The highest BCUT2D eigenvalue weighted by Crippen LogP contribution is 2.26. The fraction of sp³-hybridized carbons (Fsp3) is 0.412. The van der Waals surface area contributed by atoms with Gasteiger partial charge in [-0.15, -0.1) is 0 Å². The van der Waals surface area contributed by atoms with Gasteiger partial charge in [-0.3, -0.25) is 14.6 Å². The summed E-state index contributed by atoms with van der Waals surface area (Å²) in [6, 6.07) is 7.02. The summed E-state index contributed by atoms with van der Waals surface area (Å²) in [6.07, 6.45) is 3.94. The third kappa shape index (κ3) is 3.47. The van der Waals surface area contributed by atoms with Crippen LogP contribution < -0.4 is 5.56 Å². The number of likely N-dealkylation sites (tertiary alicyclic amines) is 1. The van der Waals surface area contributed by atoms with Crippen molar-refractivity contribution in [3.05, 3.63) is 46.5 Å². The SMILES string of the molecule is CCCC(=O)N1CC[C@H](c2cc(=O)[nH]c(-c3ccccn3)n2)C1. The summed E-state index contributed by atoms with van der Waals surface area (Å²) >= 11 is 0. The van der Waals surface area contributed by atoms with Crippen LogP contribution in [-0.4, -0.2) is 38.8 Å². The first-order chi connectivity index (χ1) is 11.2. The number of hydrogen-bond acceptors (Lipinski definition) is 4. The van der Waals surface area contributed by atoms with Gasteiger partial charge in [0.2, 0.25) is 5.91 Å². The van der Waals surface area contributed by atoms with Gasteiger partial charge in [-0.05, 0) is 25.0 Å². The summed E-state index contributed by atoms with van der Waals surface area (Å²) in [4.78, 5) is 37.4. The van der Waals surface area contributed by atoms with Crippen LogP contribution in [0.2, 0.25) is 0 Å². The lowest BCUT2D eigenvalue weighted by Crippen LogP contribution is -2.28. The molecule has 2 aromatic rings. The van der Waals surface area contributed by atoms with Gasteiger partial charge in [-0.1, -0.05) is 13.0 Å². The standard InChI is InChI=1S/C17H20N4O2/c1-2-5-16(23)21-9-7-12(11-21)14-10-15(22)20-17(19-14)13-6-3-4-8-18-13/h3-4,6,8,10,12H,2,5,7,9,11H2,1H3,(H,19,20,22)/t12-/m0/s1. The van der Waals surface area contributed by atoms with Crippen molar-refractivity contribution in [1.29, 1.82) is 0 Å². The Kier molecular flexibility index (Phi) is 4.50. The summed E-state index contributed by atoms with van der Waals surface area (Å²) in [5.74, 6) is 0.775. The molecule has 1 aliphatic heterocycles. The highest BCUT2D eigenvalue weighted by molar-refractivity contribution is 5.76. The Balaban J connectivity index is 1.83. The highest BCUT2D eigenvalue weighted by atomic mass is 16.2. The molecule has 0 aliphatic carbocycles. The second kappa shape index (κ2) is 6.73. The van der Waals surface area contributed by atoms with Gasteiger partial charge in [0, 0.05) is 37.7 Å². The zero-order chi connectivity index (χ0) is 16.2. The van der Waals surface area contributed by atoms with Crippen LogP contribution in [0.3, 0.4) is 0 Å². The van der Waals surface area contributed by atoms with Crippen LogP contribution in [0, 0.1) is 0 Å². The van der Waals surface area contributed by atoms with Crippen LogP contribution in [0.15, 0.2) is 35.3 Å². The molecule has 1 amide bonds. The molecule has 23 heavy (non-hydrogen) atoms. The van der Waals surface area contributed by atoms with E-state index >= 15 is 0 Å². The minimum Gasteiger partial charge on any atom is -0.342 e. The van der Waals surface area contributed by atoms with Crippen LogP contribution in [0.5, 0.6) is 0 Å². The number of carbonyl (C=O) groups is 1. The van der Waals surface area contributed by atoms with Gasteiger partial charge in [0.1, 0.15) is 5.69 Å². The Hall–Kier alpha value is -2.50. The second-order valence-electron chi connectivity index (χ2n) is 5.81. The molecular weight excluding hydrogens is 292 g/mol. The first kappa shape index (κ1) is 15.4. The number of amides is 1. The van der Waals surface area contributed by atoms with Crippen molar-refractivity contribution in [2.75, 3.05) is 13.1 Å². The minimum absolute atomic E-state index is 0.112. The van der Waals surface area contributed by atoms with E-state index in [2.05, 4.69) is 15.0 Å². The Morgan fingerprint density at radius 3 is 3.04 bits per heavy atom. The smallest absolute Gasteiger partial charge is 0.251 e. The predicted molar refractivity (Wildman–Crippen MR) is 86.9 cm³/mol. The Labute approximate surface area is 134 Å². The van der Waals surface area contributed by atoms with Crippen molar-refractivity contribution in [3.63, 3.8) is 0 Å². The molecule has 0 bridgehead atoms. The molecule has 0 spiro atoms. The zero-order valence-corrected chi connectivity index (χ0v) is 13.2. The lowest BCUT2D eigenvalue weighted by atomic mass is 10.0. The van der Waals surface area contributed by atoms with Crippen LogP contribution in [0.4, 0.5) is 0 Å². The first-order valence-corrected chi connectivity index (χ1v) is 7.98. The van der Waals surface area contributed by atoms with E-state index in [-0.39, 0.29) is 17.4 Å². The molecule has 0 radical (unpaired) electrons. The average Bonchev–Trinajstić information content (AvgIpc) is 3.05. The fourth-order valence-electron chi connectivity index (χ4n) is 2.91. The number of H-pyrrole nitrogens is 1.